The molecule has 0 radical (unpaired) electrons. The van der Waals surface area contributed by atoms with Crippen molar-refractivity contribution < 1.29 is 13.2 Å². The number of nitrogens with zero attached hydrogens (tertiary/aromatic N) is 1. The molecule has 2 heterocycles. The molecule has 7 heteroatoms. The summed E-state index contributed by atoms with van der Waals surface area (Å²) >= 11 is 6.74. The van der Waals surface area contributed by atoms with Gasteiger partial charge in [0.05, 0.1) is 10.9 Å². The molecule has 0 bridgehead atoms. The third-order valence-electron chi connectivity index (χ3n) is 1.86. The third kappa shape index (κ3) is 1.80. The summed E-state index contributed by atoms with van der Waals surface area (Å²) in [6, 6.07) is 3.09. The average Bonchev–Trinajstić information content (AvgIpc) is 2.72. The van der Waals surface area contributed by atoms with Crippen molar-refractivity contribution in [3.8, 4) is 0 Å². The Morgan fingerprint density at radius 1 is 1.50 bits per heavy atom. The summed E-state index contributed by atoms with van der Waals surface area (Å²) < 4.78 is 30.7. The van der Waals surface area contributed by atoms with Crippen LogP contribution in [0.15, 0.2) is 16.3 Å². The lowest BCUT2D eigenvalue weighted by atomic mass is 10.7. The van der Waals surface area contributed by atoms with E-state index in [-0.39, 0.29) is 10.9 Å². The molecule has 1 saturated heterocycles. The van der Waals surface area contributed by atoms with Crippen molar-refractivity contribution in [2.45, 2.75) is 4.21 Å². The van der Waals surface area contributed by atoms with Crippen molar-refractivity contribution in [3.63, 3.8) is 0 Å². The number of hydrogen-bond acceptors (Lipinski definition) is 4. The van der Waals surface area contributed by atoms with Crippen LogP contribution in [-0.2, 0) is 14.8 Å². The maximum atomic E-state index is 11.8. The fourth-order valence-corrected chi connectivity index (χ4v) is 4.09. The molecular formula is C7H8ClNO3S2. The van der Waals surface area contributed by atoms with E-state index in [0.717, 1.165) is 11.3 Å². The molecule has 0 N–H and O–H groups in total. The van der Waals surface area contributed by atoms with Crippen LogP contribution >= 0.6 is 22.9 Å². The number of thiophene rings is 1. The second kappa shape index (κ2) is 3.79. The van der Waals surface area contributed by atoms with Crippen LogP contribution in [0.4, 0.5) is 0 Å². The molecular weight excluding hydrogens is 246 g/mol. The Hall–Kier alpha value is -0.140. The van der Waals surface area contributed by atoms with Gasteiger partial charge in [-0.05, 0) is 12.1 Å². The van der Waals surface area contributed by atoms with Crippen molar-refractivity contribution in [2.24, 2.45) is 0 Å². The number of ether oxygens (including phenoxy) is 1. The van der Waals surface area contributed by atoms with Crippen LogP contribution in [0.1, 0.15) is 0 Å². The first kappa shape index (κ1) is 10.4. The van der Waals surface area contributed by atoms with Crippen LogP contribution in [0.2, 0.25) is 4.34 Å². The first-order chi connectivity index (χ1) is 6.60. The molecule has 2 rings (SSSR count). The normalized spacial score (nSPS) is 18.9. The number of rotatable bonds is 2. The lowest BCUT2D eigenvalue weighted by molar-refractivity contribution is 0.172. The van der Waals surface area contributed by atoms with Gasteiger partial charge < -0.3 is 4.74 Å². The zero-order valence-electron chi connectivity index (χ0n) is 7.14. The molecule has 0 spiro atoms. The quantitative estimate of drug-likeness (QED) is 0.800. The lowest BCUT2D eigenvalue weighted by Gasteiger charge is -2.11. The van der Waals surface area contributed by atoms with Gasteiger partial charge in [-0.3, -0.25) is 0 Å². The molecule has 14 heavy (non-hydrogen) atoms. The van der Waals surface area contributed by atoms with Gasteiger partial charge in [-0.15, -0.1) is 11.3 Å². The smallest absolute Gasteiger partial charge is 0.254 e. The fraction of sp³-hybridized carbons (Fsp3) is 0.429. The number of hydrogen-bond donors (Lipinski definition) is 0. The van der Waals surface area contributed by atoms with E-state index < -0.39 is 10.0 Å². The van der Waals surface area contributed by atoms with Gasteiger partial charge >= 0.3 is 0 Å². The van der Waals surface area contributed by atoms with E-state index in [1.54, 1.807) is 6.07 Å². The van der Waals surface area contributed by atoms with Crippen LogP contribution in [0.25, 0.3) is 0 Å². The number of halogens is 1. The average molecular weight is 254 g/mol. The van der Waals surface area contributed by atoms with Gasteiger partial charge in [0.15, 0.2) is 0 Å². The Balaban J connectivity index is 2.32. The molecule has 4 nitrogen and oxygen atoms in total. The summed E-state index contributed by atoms with van der Waals surface area (Å²) in [4.78, 5) is 0. The van der Waals surface area contributed by atoms with Gasteiger partial charge in [0.2, 0.25) is 0 Å². The van der Waals surface area contributed by atoms with Crippen molar-refractivity contribution in [2.75, 3.05) is 19.9 Å². The van der Waals surface area contributed by atoms with Crippen molar-refractivity contribution in [1.29, 1.82) is 0 Å². The highest BCUT2D eigenvalue weighted by Crippen LogP contribution is 2.28. The predicted molar refractivity (Wildman–Crippen MR) is 54.0 cm³/mol. The van der Waals surface area contributed by atoms with E-state index in [0.29, 0.717) is 17.5 Å². The predicted octanol–water partition coefficient (Wildman–Crippen LogP) is 1.38. The molecule has 0 aliphatic carbocycles. The van der Waals surface area contributed by atoms with E-state index in [4.69, 9.17) is 16.3 Å². The standard InChI is InChI=1S/C7H8ClNO3S2/c8-6-1-2-7(13-6)14(10,11)9-3-4-12-5-9/h1-2H,3-5H2. The fourth-order valence-electron chi connectivity index (χ4n) is 1.15. The SMILES string of the molecule is O=S(=O)(c1ccc(Cl)s1)N1CCOC1. The number of sulfonamides is 1. The van der Waals surface area contributed by atoms with Gasteiger partial charge in [0.1, 0.15) is 10.9 Å². The first-order valence-corrected chi connectivity index (χ1v) is 6.57. The van der Waals surface area contributed by atoms with E-state index >= 15 is 0 Å². The van der Waals surface area contributed by atoms with Crippen LogP contribution in [0, 0.1) is 0 Å². The largest absolute Gasteiger partial charge is 0.364 e. The monoisotopic (exact) mass is 253 g/mol. The molecule has 1 aliphatic heterocycles. The minimum absolute atomic E-state index is 0.137. The molecule has 0 atom stereocenters. The summed E-state index contributed by atoms with van der Waals surface area (Å²) in [7, 11) is -3.38. The summed E-state index contributed by atoms with van der Waals surface area (Å²) in [5.41, 5.74) is 0. The molecule has 1 aromatic heterocycles. The zero-order chi connectivity index (χ0) is 10.2. The molecule has 1 aliphatic rings. The zero-order valence-corrected chi connectivity index (χ0v) is 9.53. The van der Waals surface area contributed by atoms with Crippen molar-refractivity contribution >= 4 is 33.0 Å². The van der Waals surface area contributed by atoms with Crippen LogP contribution < -0.4 is 0 Å². The van der Waals surface area contributed by atoms with Crippen molar-refractivity contribution in [1.82, 2.24) is 4.31 Å². The summed E-state index contributed by atoms with van der Waals surface area (Å²) in [6.07, 6.45) is 0. The van der Waals surface area contributed by atoms with E-state index in [2.05, 4.69) is 0 Å². The second-order valence-electron chi connectivity index (χ2n) is 2.78. The molecule has 0 amide bonds. The maximum Gasteiger partial charge on any atom is 0.254 e. The van der Waals surface area contributed by atoms with E-state index in [1.807, 2.05) is 0 Å². The van der Waals surface area contributed by atoms with Crippen LogP contribution in [0.5, 0.6) is 0 Å². The molecule has 1 aromatic rings. The van der Waals surface area contributed by atoms with E-state index in [1.165, 1.54) is 10.4 Å². The Kier molecular flexibility index (Phi) is 2.81. The molecule has 0 saturated carbocycles. The Labute approximate surface area is 91.1 Å². The Morgan fingerprint density at radius 2 is 2.29 bits per heavy atom. The first-order valence-electron chi connectivity index (χ1n) is 3.94. The highest BCUT2D eigenvalue weighted by molar-refractivity contribution is 7.91. The molecule has 0 unspecified atom stereocenters. The summed E-state index contributed by atoms with van der Waals surface area (Å²) in [6.45, 7) is 1.01. The van der Waals surface area contributed by atoms with Gasteiger partial charge in [-0.25, -0.2) is 8.42 Å². The van der Waals surface area contributed by atoms with Crippen molar-refractivity contribution in [3.05, 3.63) is 16.5 Å². The van der Waals surface area contributed by atoms with Gasteiger partial charge in [-0.1, -0.05) is 11.6 Å². The molecule has 0 aromatic carbocycles. The molecule has 78 valence electrons. The van der Waals surface area contributed by atoms with Gasteiger partial charge in [-0.2, -0.15) is 4.31 Å². The van der Waals surface area contributed by atoms with Crippen LogP contribution in [0.3, 0.4) is 0 Å². The second-order valence-corrected chi connectivity index (χ2v) is 6.66. The highest BCUT2D eigenvalue weighted by atomic mass is 35.5. The van der Waals surface area contributed by atoms with Gasteiger partial charge in [0.25, 0.3) is 10.0 Å². The Bertz CT molecular complexity index is 422. The highest BCUT2D eigenvalue weighted by Gasteiger charge is 2.28. The van der Waals surface area contributed by atoms with E-state index in [9.17, 15) is 8.42 Å². The minimum Gasteiger partial charge on any atom is -0.364 e. The Morgan fingerprint density at radius 3 is 2.79 bits per heavy atom. The third-order valence-corrected chi connectivity index (χ3v) is 5.38. The van der Waals surface area contributed by atoms with Crippen LogP contribution in [-0.4, -0.2) is 32.6 Å². The molecule has 1 fully saturated rings. The maximum absolute atomic E-state index is 11.8. The topological polar surface area (TPSA) is 46.6 Å². The minimum atomic E-state index is -3.38. The lowest BCUT2D eigenvalue weighted by Crippen LogP contribution is -2.27. The summed E-state index contributed by atoms with van der Waals surface area (Å²) in [5.74, 6) is 0. The summed E-state index contributed by atoms with van der Waals surface area (Å²) in [5, 5.41) is 0. The van der Waals surface area contributed by atoms with Gasteiger partial charge in [0, 0.05) is 6.54 Å².